The SMILES string of the molecule is COc1cc(O)c(C2CCCCC2)c(C(c2ccc(O)c(O)c2)c2cc(OC)cc(O)c2C2CCCCC2)c1. The van der Waals surface area contributed by atoms with Crippen molar-refractivity contribution in [1.82, 2.24) is 0 Å². The van der Waals surface area contributed by atoms with Crippen molar-refractivity contribution in [3.05, 3.63) is 70.3 Å². The lowest BCUT2D eigenvalue weighted by atomic mass is 9.72. The number of aromatic hydroxyl groups is 4. The molecule has 6 nitrogen and oxygen atoms in total. The maximum Gasteiger partial charge on any atom is 0.157 e. The first-order valence-electron chi connectivity index (χ1n) is 14.2. The van der Waals surface area contributed by atoms with Crippen molar-refractivity contribution in [1.29, 1.82) is 0 Å². The highest BCUT2D eigenvalue weighted by atomic mass is 16.5. The van der Waals surface area contributed by atoms with Crippen LogP contribution in [0.15, 0.2) is 42.5 Å². The van der Waals surface area contributed by atoms with Crippen LogP contribution in [0.2, 0.25) is 0 Å². The molecule has 0 unspecified atom stereocenters. The summed E-state index contributed by atoms with van der Waals surface area (Å²) in [5, 5.41) is 43.6. The highest BCUT2D eigenvalue weighted by molar-refractivity contribution is 5.61. The molecule has 2 saturated carbocycles. The molecule has 0 aromatic heterocycles. The van der Waals surface area contributed by atoms with E-state index in [-0.39, 0.29) is 34.8 Å². The van der Waals surface area contributed by atoms with E-state index in [0.717, 1.165) is 79.2 Å². The third-order valence-electron chi connectivity index (χ3n) is 8.78. The molecule has 0 radical (unpaired) electrons. The average molecular weight is 533 g/mol. The van der Waals surface area contributed by atoms with E-state index in [1.807, 2.05) is 18.2 Å². The molecule has 2 aliphatic carbocycles. The summed E-state index contributed by atoms with van der Waals surface area (Å²) in [6, 6.07) is 12.2. The summed E-state index contributed by atoms with van der Waals surface area (Å²) in [5.41, 5.74) is 4.30. The molecule has 2 aliphatic rings. The van der Waals surface area contributed by atoms with Gasteiger partial charge in [-0.15, -0.1) is 0 Å². The zero-order chi connectivity index (χ0) is 27.5. The molecule has 5 rings (SSSR count). The van der Waals surface area contributed by atoms with Crippen LogP contribution in [0.1, 0.15) is 110 Å². The van der Waals surface area contributed by atoms with Gasteiger partial charge in [0, 0.05) is 29.2 Å². The van der Waals surface area contributed by atoms with Crippen LogP contribution >= 0.6 is 0 Å². The summed E-state index contributed by atoms with van der Waals surface area (Å²) < 4.78 is 11.3. The van der Waals surface area contributed by atoms with Gasteiger partial charge < -0.3 is 29.9 Å². The first-order chi connectivity index (χ1) is 18.9. The number of phenols is 4. The zero-order valence-electron chi connectivity index (χ0n) is 22.9. The molecule has 0 saturated heterocycles. The van der Waals surface area contributed by atoms with Gasteiger partial charge >= 0.3 is 0 Å². The van der Waals surface area contributed by atoms with Crippen LogP contribution in [0, 0.1) is 0 Å². The highest BCUT2D eigenvalue weighted by Crippen LogP contribution is 2.51. The molecule has 208 valence electrons. The molecule has 4 N–H and O–H groups in total. The Kier molecular flexibility index (Phi) is 8.10. The number of rotatable bonds is 7. The molecule has 0 bridgehead atoms. The third-order valence-corrected chi connectivity index (χ3v) is 8.78. The van der Waals surface area contributed by atoms with E-state index >= 15 is 0 Å². The zero-order valence-corrected chi connectivity index (χ0v) is 22.9. The Morgan fingerprint density at radius 2 is 1.03 bits per heavy atom. The van der Waals surface area contributed by atoms with Crippen molar-refractivity contribution in [2.24, 2.45) is 0 Å². The van der Waals surface area contributed by atoms with Crippen LogP contribution in [0.25, 0.3) is 0 Å². The van der Waals surface area contributed by atoms with Crippen LogP contribution < -0.4 is 9.47 Å². The molecule has 3 aromatic rings. The van der Waals surface area contributed by atoms with Gasteiger partial charge in [0.1, 0.15) is 23.0 Å². The first kappa shape index (κ1) is 27.0. The maximum absolute atomic E-state index is 11.4. The van der Waals surface area contributed by atoms with Gasteiger partial charge in [-0.3, -0.25) is 0 Å². The second-order valence-electron chi connectivity index (χ2n) is 11.1. The van der Waals surface area contributed by atoms with E-state index in [2.05, 4.69) is 0 Å². The molecule has 3 aromatic carbocycles. The average Bonchev–Trinajstić information content (AvgIpc) is 2.95. The second-order valence-corrected chi connectivity index (χ2v) is 11.1. The number of hydrogen-bond acceptors (Lipinski definition) is 6. The fourth-order valence-corrected chi connectivity index (χ4v) is 6.90. The molecule has 2 fully saturated rings. The fourth-order valence-electron chi connectivity index (χ4n) is 6.90. The van der Waals surface area contributed by atoms with E-state index < -0.39 is 5.92 Å². The van der Waals surface area contributed by atoms with Gasteiger partial charge in [-0.25, -0.2) is 0 Å². The van der Waals surface area contributed by atoms with Crippen molar-refractivity contribution < 1.29 is 29.9 Å². The summed E-state index contributed by atoms with van der Waals surface area (Å²) in [5.74, 6) is 1.01. The van der Waals surface area contributed by atoms with Crippen molar-refractivity contribution in [2.45, 2.75) is 82.0 Å². The Hall–Kier alpha value is -3.54. The Morgan fingerprint density at radius 1 is 0.564 bits per heavy atom. The molecule has 6 heteroatoms. The van der Waals surface area contributed by atoms with Gasteiger partial charge in [0.15, 0.2) is 11.5 Å². The molecular formula is C33H40O6. The Labute approximate surface area is 230 Å². The van der Waals surface area contributed by atoms with Gasteiger partial charge in [0.25, 0.3) is 0 Å². The number of methoxy groups -OCH3 is 2. The number of benzene rings is 3. The summed E-state index contributed by atoms with van der Waals surface area (Å²) in [6.45, 7) is 0. The van der Waals surface area contributed by atoms with Crippen LogP contribution in [0.4, 0.5) is 0 Å². The minimum absolute atomic E-state index is 0.185. The number of ether oxygens (including phenoxy) is 2. The van der Waals surface area contributed by atoms with E-state index in [1.54, 1.807) is 32.4 Å². The minimum Gasteiger partial charge on any atom is -0.508 e. The van der Waals surface area contributed by atoms with Crippen LogP contribution in [-0.2, 0) is 0 Å². The van der Waals surface area contributed by atoms with Gasteiger partial charge in [-0.1, -0.05) is 44.6 Å². The normalized spacial score (nSPS) is 16.9. The van der Waals surface area contributed by atoms with Gasteiger partial charge in [0.05, 0.1) is 14.2 Å². The topological polar surface area (TPSA) is 99.4 Å². The summed E-state index contributed by atoms with van der Waals surface area (Å²) in [4.78, 5) is 0. The fraction of sp³-hybridized carbons (Fsp3) is 0.455. The molecule has 39 heavy (non-hydrogen) atoms. The Bertz CT molecular complexity index is 1230. The van der Waals surface area contributed by atoms with Crippen LogP contribution in [0.5, 0.6) is 34.5 Å². The predicted octanol–water partition coefficient (Wildman–Crippen LogP) is 7.80. The summed E-state index contributed by atoms with van der Waals surface area (Å²) in [7, 11) is 3.18. The van der Waals surface area contributed by atoms with Crippen molar-refractivity contribution >= 4 is 0 Å². The molecule has 0 heterocycles. The molecular weight excluding hydrogens is 492 g/mol. The lowest BCUT2D eigenvalue weighted by Gasteiger charge is -2.33. The minimum atomic E-state index is -0.452. The Balaban J connectivity index is 1.82. The lowest BCUT2D eigenvalue weighted by Crippen LogP contribution is -2.16. The molecule has 0 amide bonds. The number of phenolic OH excluding ortho intramolecular Hbond substituents is 4. The molecule has 0 atom stereocenters. The predicted molar refractivity (Wildman–Crippen MR) is 152 cm³/mol. The first-order valence-corrected chi connectivity index (χ1v) is 14.2. The van der Waals surface area contributed by atoms with E-state index in [0.29, 0.717) is 11.5 Å². The van der Waals surface area contributed by atoms with Crippen molar-refractivity contribution in [3.8, 4) is 34.5 Å². The number of hydrogen-bond donors (Lipinski definition) is 4. The third kappa shape index (κ3) is 5.47. The van der Waals surface area contributed by atoms with Gasteiger partial charge in [0.2, 0.25) is 0 Å². The van der Waals surface area contributed by atoms with Crippen molar-refractivity contribution in [3.63, 3.8) is 0 Å². The quantitative estimate of drug-likeness (QED) is 0.183. The molecule has 0 aliphatic heterocycles. The van der Waals surface area contributed by atoms with Gasteiger partial charge in [-0.2, -0.15) is 0 Å². The van der Waals surface area contributed by atoms with E-state index in [9.17, 15) is 20.4 Å². The van der Waals surface area contributed by atoms with Crippen LogP contribution in [0.3, 0.4) is 0 Å². The van der Waals surface area contributed by atoms with Gasteiger partial charge in [-0.05, 0) is 78.5 Å². The smallest absolute Gasteiger partial charge is 0.157 e. The standard InChI is InChI=1S/C33H40O6/c1-38-23-16-25(32(29(36)18-23)20-9-5-3-6-10-20)31(22-13-14-27(34)28(35)15-22)26-17-24(39-2)19-30(37)33(26)21-11-7-4-8-12-21/h13-21,31,34-37H,3-12H2,1-2H3. The molecule has 0 spiro atoms. The van der Waals surface area contributed by atoms with E-state index in [4.69, 9.17) is 9.47 Å². The van der Waals surface area contributed by atoms with Crippen LogP contribution in [-0.4, -0.2) is 34.6 Å². The maximum atomic E-state index is 11.4. The Morgan fingerprint density at radius 3 is 1.44 bits per heavy atom. The summed E-state index contributed by atoms with van der Waals surface area (Å²) in [6.07, 6.45) is 10.7. The largest absolute Gasteiger partial charge is 0.508 e. The lowest BCUT2D eigenvalue weighted by molar-refractivity contribution is 0.390. The van der Waals surface area contributed by atoms with E-state index in [1.165, 1.54) is 18.9 Å². The summed E-state index contributed by atoms with van der Waals surface area (Å²) >= 11 is 0. The second kappa shape index (κ2) is 11.7. The van der Waals surface area contributed by atoms with Crippen molar-refractivity contribution in [2.75, 3.05) is 14.2 Å². The monoisotopic (exact) mass is 532 g/mol. The highest BCUT2D eigenvalue weighted by Gasteiger charge is 2.33.